The molecule has 9 heteroatoms. The van der Waals surface area contributed by atoms with Crippen LogP contribution in [-0.2, 0) is 16.8 Å². The smallest absolute Gasteiger partial charge is 0.404 e. The number of benzene rings is 2. The summed E-state index contributed by atoms with van der Waals surface area (Å²) in [5.41, 5.74) is 6.94. The van der Waals surface area contributed by atoms with Crippen molar-refractivity contribution in [3.05, 3.63) is 59.4 Å². The Balaban J connectivity index is 1.69. The second-order valence-electron chi connectivity index (χ2n) is 11.0. The molecular weight excluding hydrogens is 501 g/mol. The van der Waals surface area contributed by atoms with Gasteiger partial charge in [-0.3, -0.25) is 4.79 Å². The summed E-state index contributed by atoms with van der Waals surface area (Å²) >= 11 is 0. The number of carbonyl (C=O) groups is 2. The summed E-state index contributed by atoms with van der Waals surface area (Å²) in [6, 6.07) is 11.9. The Morgan fingerprint density at radius 2 is 1.97 bits per heavy atom. The summed E-state index contributed by atoms with van der Waals surface area (Å²) in [7, 11) is 0. The maximum Gasteiger partial charge on any atom is 0.404 e. The molecule has 2 fully saturated rings. The highest BCUT2D eigenvalue weighted by molar-refractivity contribution is 5.79. The van der Waals surface area contributed by atoms with Crippen LogP contribution in [0.2, 0.25) is 0 Å². The van der Waals surface area contributed by atoms with Crippen molar-refractivity contribution < 1.29 is 29.3 Å². The summed E-state index contributed by atoms with van der Waals surface area (Å²) in [4.78, 5) is 26.2. The van der Waals surface area contributed by atoms with Gasteiger partial charge in [0, 0.05) is 43.1 Å². The molecule has 2 aromatic rings. The van der Waals surface area contributed by atoms with Crippen LogP contribution in [0, 0.1) is 17.7 Å². The van der Waals surface area contributed by atoms with Crippen molar-refractivity contribution in [2.24, 2.45) is 17.6 Å². The molecule has 0 radical (unpaired) electrons. The van der Waals surface area contributed by atoms with E-state index < -0.39 is 35.6 Å². The van der Waals surface area contributed by atoms with Crippen LogP contribution in [-0.4, -0.2) is 64.0 Å². The lowest BCUT2D eigenvalue weighted by atomic mass is 9.72. The average Bonchev–Trinajstić information content (AvgIpc) is 3.28. The molecule has 1 aliphatic heterocycles. The molecule has 2 amide bonds. The van der Waals surface area contributed by atoms with Gasteiger partial charge in [0.25, 0.3) is 0 Å². The number of piperidine rings is 1. The molecule has 4 rings (SSSR count). The lowest BCUT2D eigenvalue weighted by molar-refractivity contribution is -0.141. The van der Waals surface area contributed by atoms with E-state index in [0.717, 1.165) is 12.0 Å². The topological polar surface area (TPSA) is 136 Å². The van der Waals surface area contributed by atoms with Crippen molar-refractivity contribution in [1.82, 2.24) is 10.2 Å². The fourth-order valence-corrected chi connectivity index (χ4v) is 6.31. The molecule has 2 aromatic carbocycles. The molecule has 5 unspecified atom stereocenters. The van der Waals surface area contributed by atoms with E-state index in [-0.39, 0.29) is 31.3 Å². The van der Waals surface area contributed by atoms with Gasteiger partial charge in [-0.1, -0.05) is 43.3 Å². The molecular formula is C30H40FN3O5. The van der Waals surface area contributed by atoms with Gasteiger partial charge in [-0.05, 0) is 67.7 Å². The van der Waals surface area contributed by atoms with Crippen LogP contribution in [0.3, 0.4) is 0 Å². The van der Waals surface area contributed by atoms with Crippen LogP contribution >= 0.6 is 0 Å². The first-order valence-electron chi connectivity index (χ1n) is 13.9. The predicted octanol–water partition coefficient (Wildman–Crippen LogP) is 3.63. The molecule has 39 heavy (non-hydrogen) atoms. The van der Waals surface area contributed by atoms with E-state index in [9.17, 15) is 19.8 Å². The SMILES string of the molecule is CCc1cccc(-c2c(F)cccc2C(O)(CCCNC(=O)O)C2CCCN(C(=O)C3CC(N)C(O)C3)C2)c1. The van der Waals surface area contributed by atoms with Gasteiger partial charge in [-0.2, -0.15) is 0 Å². The highest BCUT2D eigenvalue weighted by atomic mass is 19.1. The number of halogens is 1. The standard InChI is InChI=1S/C30H40FN3O5/c1-2-19-7-3-8-20(15-19)27-23(10-4-11-24(27)31)30(39,12-6-13-33-29(37)38)22-9-5-14-34(18-22)28(36)21-16-25(32)26(35)17-21/h3-4,7-8,10-11,15,21-22,25-26,33,35,39H,2,5-6,9,12-14,16-18,32H2,1H3,(H,37,38). The molecule has 1 aliphatic carbocycles. The lowest BCUT2D eigenvalue weighted by Gasteiger charge is -2.44. The van der Waals surface area contributed by atoms with Crippen molar-refractivity contribution >= 4 is 12.0 Å². The number of aliphatic hydroxyl groups excluding tert-OH is 1. The quantitative estimate of drug-likeness (QED) is 0.308. The zero-order valence-corrected chi connectivity index (χ0v) is 22.5. The van der Waals surface area contributed by atoms with Crippen LogP contribution in [0.25, 0.3) is 11.1 Å². The number of carbonyl (C=O) groups excluding carboxylic acids is 1. The fraction of sp³-hybridized carbons (Fsp3) is 0.533. The van der Waals surface area contributed by atoms with Gasteiger partial charge in [0.2, 0.25) is 5.91 Å². The molecule has 212 valence electrons. The average molecular weight is 542 g/mol. The number of nitrogens with two attached hydrogens (primary N) is 1. The van der Waals surface area contributed by atoms with Gasteiger partial charge in [0.05, 0.1) is 11.7 Å². The Hall–Kier alpha value is -3.01. The number of nitrogens with zero attached hydrogens (tertiary/aromatic N) is 1. The number of carboxylic acid groups (broad SMARTS) is 1. The van der Waals surface area contributed by atoms with Gasteiger partial charge >= 0.3 is 6.09 Å². The molecule has 1 saturated carbocycles. The van der Waals surface area contributed by atoms with Crippen LogP contribution < -0.4 is 11.1 Å². The monoisotopic (exact) mass is 541 g/mol. The van der Waals surface area contributed by atoms with Crippen molar-refractivity contribution in [3.8, 4) is 11.1 Å². The van der Waals surface area contributed by atoms with Gasteiger partial charge in [0.1, 0.15) is 5.82 Å². The minimum Gasteiger partial charge on any atom is -0.465 e. The number of nitrogens with one attached hydrogen (secondary N) is 1. The van der Waals surface area contributed by atoms with Crippen molar-refractivity contribution in [2.75, 3.05) is 19.6 Å². The summed E-state index contributed by atoms with van der Waals surface area (Å²) in [5.74, 6) is -1.27. The van der Waals surface area contributed by atoms with Crippen LogP contribution in [0.1, 0.15) is 56.6 Å². The molecule has 2 aliphatic rings. The van der Waals surface area contributed by atoms with Gasteiger partial charge in [0.15, 0.2) is 0 Å². The number of likely N-dealkylation sites (tertiary alicyclic amines) is 1. The molecule has 5 atom stereocenters. The number of aliphatic hydroxyl groups is 2. The highest BCUT2D eigenvalue weighted by Crippen LogP contribution is 2.44. The summed E-state index contributed by atoms with van der Waals surface area (Å²) in [6.07, 6.45) is 1.51. The third kappa shape index (κ3) is 6.42. The zero-order chi connectivity index (χ0) is 28.2. The minimum atomic E-state index is -1.51. The third-order valence-electron chi connectivity index (χ3n) is 8.45. The Kier molecular flexibility index (Phi) is 9.25. The van der Waals surface area contributed by atoms with Gasteiger partial charge in [-0.15, -0.1) is 0 Å². The largest absolute Gasteiger partial charge is 0.465 e. The van der Waals surface area contributed by atoms with E-state index in [1.165, 1.54) is 6.07 Å². The van der Waals surface area contributed by atoms with E-state index in [4.69, 9.17) is 10.8 Å². The van der Waals surface area contributed by atoms with E-state index >= 15 is 4.39 Å². The summed E-state index contributed by atoms with van der Waals surface area (Å²) < 4.78 is 15.5. The maximum absolute atomic E-state index is 15.5. The Labute approximate surface area is 229 Å². The number of amides is 2. The normalized spacial score (nSPS) is 24.8. The Bertz CT molecular complexity index is 1170. The van der Waals surface area contributed by atoms with E-state index in [1.807, 2.05) is 31.2 Å². The van der Waals surface area contributed by atoms with Gasteiger partial charge in [-0.25, -0.2) is 9.18 Å². The molecule has 8 nitrogen and oxygen atoms in total. The number of aryl methyl sites for hydroxylation is 1. The summed E-state index contributed by atoms with van der Waals surface area (Å²) in [6.45, 7) is 2.99. The number of rotatable bonds is 9. The van der Waals surface area contributed by atoms with Gasteiger partial charge < -0.3 is 31.3 Å². The molecule has 0 aromatic heterocycles. The first-order chi connectivity index (χ1) is 18.6. The first kappa shape index (κ1) is 29.0. The van der Waals surface area contributed by atoms with E-state index in [1.54, 1.807) is 17.0 Å². The second-order valence-corrected chi connectivity index (χ2v) is 11.0. The molecule has 0 spiro atoms. The van der Waals surface area contributed by atoms with Crippen molar-refractivity contribution in [3.63, 3.8) is 0 Å². The molecule has 1 saturated heterocycles. The number of hydrogen-bond donors (Lipinski definition) is 5. The fourth-order valence-electron chi connectivity index (χ4n) is 6.31. The maximum atomic E-state index is 15.5. The second kappa shape index (κ2) is 12.4. The Morgan fingerprint density at radius 1 is 1.21 bits per heavy atom. The van der Waals surface area contributed by atoms with E-state index in [2.05, 4.69) is 5.32 Å². The predicted molar refractivity (Wildman–Crippen MR) is 146 cm³/mol. The summed E-state index contributed by atoms with van der Waals surface area (Å²) in [5, 5.41) is 33.9. The van der Waals surface area contributed by atoms with Crippen LogP contribution in [0.4, 0.5) is 9.18 Å². The minimum absolute atomic E-state index is 0.0725. The highest BCUT2D eigenvalue weighted by Gasteiger charge is 2.45. The molecule has 0 bridgehead atoms. The molecule has 1 heterocycles. The van der Waals surface area contributed by atoms with E-state index in [0.29, 0.717) is 55.3 Å². The van der Waals surface area contributed by atoms with Crippen molar-refractivity contribution in [2.45, 2.75) is 69.6 Å². The first-order valence-corrected chi connectivity index (χ1v) is 13.9. The van der Waals surface area contributed by atoms with Crippen LogP contribution in [0.5, 0.6) is 0 Å². The molecule has 6 N–H and O–H groups in total. The number of hydrogen-bond acceptors (Lipinski definition) is 5. The Morgan fingerprint density at radius 3 is 2.67 bits per heavy atom. The third-order valence-corrected chi connectivity index (χ3v) is 8.45. The zero-order valence-electron chi connectivity index (χ0n) is 22.5. The van der Waals surface area contributed by atoms with Crippen molar-refractivity contribution in [1.29, 1.82) is 0 Å². The van der Waals surface area contributed by atoms with Crippen LogP contribution in [0.15, 0.2) is 42.5 Å². The lowest BCUT2D eigenvalue weighted by Crippen LogP contribution is -2.49.